The first-order valence-corrected chi connectivity index (χ1v) is 11.4. The molecule has 1 fully saturated rings. The molecular weight excluding hydrogens is 437 g/mol. The molecule has 2 aromatic rings. The maximum absolute atomic E-state index is 12.6. The van der Waals surface area contributed by atoms with Crippen LogP contribution in [0.25, 0.3) is 0 Å². The molecule has 29 heavy (non-hydrogen) atoms. The van der Waals surface area contributed by atoms with E-state index < -0.39 is 10.0 Å². The van der Waals surface area contributed by atoms with Crippen LogP contribution < -0.4 is 4.74 Å². The van der Waals surface area contributed by atoms with E-state index in [1.54, 1.807) is 48.5 Å². The molecule has 0 N–H and O–H groups in total. The Morgan fingerprint density at radius 1 is 0.966 bits per heavy atom. The van der Waals surface area contributed by atoms with Crippen LogP contribution in [0.5, 0.6) is 5.75 Å². The first-order valence-electron chi connectivity index (χ1n) is 9.18. The molecule has 0 radical (unpaired) electrons. The number of hydrogen-bond donors (Lipinski definition) is 0. The van der Waals surface area contributed by atoms with E-state index in [1.807, 2.05) is 0 Å². The second-order valence-corrected chi connectivity index (χ2v) is 9.31. The zero-order valence-corrected chi connectivity index (χ0v) is 17.9. The van der Waals surface area contributed by atoms with E-state index in [9.17, 15) is 13.2 Å². The van der Waals surface area contributed by atoms with Crippen molar-refractivity contribution in [1.82, 2.24) is 4.31 Å². The molecule has 0 aromatic heterocycles. The smallest absolute Gasteiger partial charge is 0.309 e. The van der Waals surface area contributed by atoms with Crippen LogP contribution in [0, 0.1) is 5.92 Å². The van der Waals surface area contributed by atoms with Crippen LogP contribution in [0.4, 0.5) is 0 Å². The largest absolute Gasteiger partial charge is 0.487 e. The number of piperidine rings is 1. The lowest BCUT2D eigenvalue weighted by molar-refractivity contribution is -0.150. The molecule has 1 aliphatic rings. The van der Waals surface area contributed by atoms with E-state index in [0.717, 1.165) is 0 Å². The van der Waals surface area contributed by atoms with Gasteiger partial charge in [-0.1, -0.05) is 47.5 Å². The second kappa shape index (κ2) is 9.80. The lowest BCUT2D eigenvalue weighted by Crippen LogP contribution is -2.40. The first kappa shape index (κ1) is 21.9. The Labute approximate surface area is 180 Å². The molecule has 1 heterocycles. The van der Waals surface area contributed by atoms with Crippen molar-refractivity contribution in [2.45, 2.75) is 17.7 Å². The van der Waals surface area contributed by atoms with E-state index in [1.165, 1.54) is 4.31 Å². The summed E-state index contributed by atoms with van der Waals surface area (Å²) in [6, 6.07) is 13.3. The average molecular weight is 458 g/mol. The van der Waals surface area contributed by atoms with E-state index in [2.05, 4.69) is 0 Å². The highest BCUT2D eigenvalue weighted by Gasteiger charge is 2.32. The summed E-state index contributed by atoms with van der Waals surface area (Å²) >= 11 is 12.0. The topological polar surface area (TPSA) is 72.9 Å². The number of hydrogen-bond acceptors (Lipinski definition) is 5. The van der Waals surface area contributed by atoms with Crippen LogP contribution in [0.15, 0.2) is 53.4 Å². The summed E-state index contributed by atoms with van der Waals surface area (Å²) in [7, 11) is -3.53. The fourth-order valence-electron chi connectivity index (χ4n) is 3.10. The van der Waals surface area contributed by atoms with E-state index in [-0.39, 0.29) is 43.1 Å². The number of sulfonamides is 1. The van der Waals surface area contributed by atoms with Crippen molar-refractivity contribution in [2.24, 2.45) is 5.92 Å². The highest BCUT2D eigenvalue weighted by atomic mass is 35.5. The molecular formula is C20H21Cl2NO5S. The fraction of sp³-hybridized carbons (Fsp3) is 0.350. The molecule has 0 bridgehead atoms. The third kappa shape index (κ3) is 5.42. The highest BCUT2D eigenvalue weighted by molar-refractivity contribution is 7.89. The minimum absolute atomic E-state index is 0.0584. The summed E-state index contributed by atoms with van der Waals surface area (Å²) in [4.78, 5) is 12.5. The van der Waals surface area contributed by atoms with E-state index in [4.69, 9.17) is 32.7 Å². The molecule has 3 rings (SSSR count). The molecule has 0 unspecified atom stereocenters. The summed E-state index contributed by atoms with van der Waals surface area (Å²) in [5, 5.41) is 0.770. The standard InChI is InChI=1S/C20H21Cl2NO5S/c21-17-7-4-8-18(22)19(17)27-13-14-28-20(24)15-9-11-23(12-10-15)29(25,26)16-5-2-1-3-6-16/h1-8,15H,9-14H2. The van der Waals surface area contributed by atoms with Gasteiger partial charge in [0.2, 0.25) is 10.0 Å². The summed E-state index contributed by atoms with van der Waals surface area (Å²) < 4.78 is 37.4. The third-order valence-corrected chi connectivity index (χ3v) is 7.17. The quantitative estimate of drug-likeness (QED) is 0.463. The molecule has 0 amide bonds. The molecule has 156 valence electrons. The first-order chi connectivity index (χ1) is 13.9. The van der Waals surface area contributed by atoms with E-state index in [0.29, 0.717) is 28.6 Å². The van der Waals surface area contributed by atoms with Crippen molar-refractivity contribution in [3.8, 4) is 5.75 Å². The van der Waals surface area contributed by atoms with Gasteiger partial charge < -0.3 is 9.47 Å². The Morgan fingerprint density at radius 3 is 2.21 bits per heavy atom. The predicted octanol–water partition coefficient (Wildman–Crippen LogP) is 4.02. The van der Waals surface area contributed by atoms with Gasteiger partial charge in [0.1, 0.15) is 13.2 Å². The molecule has 0 aliphatic carbocycles. The number of nitrogens with zero attached hydrogens (tertiary/aromatic N) is 1. The Hall–Kier alpha value is -1.80. The maximum atomic E-state index is 12.6. The maximum Gasteiger partial charge on any atom is 0.309 e. The average Bonchev–Trinajstić information content (AvgIpc) is 2.73. The molecule has 1 saturated heterocycles. The van der Waals surface area contributed by atoms with Gasteiger partial charge in [-0.3, -0.25) is 4.79 Å². The van der Waals surface area contributed by atoms with Crippen molar-refractivity contribution in [2.75, 3.05) is 26.3 Å². The van der Waals surface area contributed by atoms with E-state index >= 15 is 0 Å². The number of rotatable bonds is 7. The van der Waals surface area contributed by atoms with Gasteiger partial charge in [-0.15, -0.1) is 0 Å². The molecule has 6 nitrogen and oxygen atoms in total. The Kier molecular flexibility index (Phi) is 7.40. The van der Waals surface area contributed by atoms with Gasteiger partial charge in [-0.05, 0) is 37.1 Å². The SMILES string of the molecule is O=C(OCCOc1c(Cl)cccc1Cl)C1CCN(S(=O)(=O)c2ccccc2)CC1. The van der Waals surface area contributed by atoms with Crippen LogP contribution in [-0.2, 0) is 19.6 Å². The summed E-state index contributed by atoms with van der Waals surface area (Å²) in [5.41, 5.74) is 0. The van der Waals surface area contributed by atoms with Gasteiger partial charge in [-0.25, -0.2) is 8.42 Å². The molecule has 9 heteroatoms. The van der Waals surface area contributed by atoms with Crippen molar-refractivity contribution >= 4 is 39.2 Å². The number of esters is 1. The Balaban J connectivity index is 1.44. The predicted molar refractivity (Wildman–Crippen MR) is 111 cm³/mol. The van der Waals surface area contributed by atoms with Crippen LogP contribution in [-0.4, -0.2) is 45.0 Å². The number of halogens is 2. The summed E-state index contributed by atoms with van der Waals surface area (Å²) in [5.74, 6) is -0.331. The molecule has 0 spiro atoms. The fourth-order valence-corrected chi connectivity index (χ4v) is 5.09. The van der Waals surface area contributed by atoms with Gasteiger partial charge in [-0.2, -0.15) is 4.31 Å². The summed E-state index contributed by atoms with van der Waals surface area (Å²) in [6.07, 6.45) is 0.837. The Morgan fingerprint density at radius 2 is 1.59 bits per heavy atom. The van der Waals surface area contributed by atoms with Crippen molar-refractivity contribution < 1.29 is 22.7 Å². The highest BCUT2D eigenvalue weighted by Crippen LogP contribution is 2.32. The second-order valence-electron chi connectivity index (χ2n) is 6.56. The minimum atomic E-state index is -3.53. The number of carbonyl (C=O) groups is 1. The van der Waals surface area contributed by atoms with Crippen LogP contribution >= 0.6 is 23.2 Å². The number of carbonyl (C=O) groups excluding carboxylic acids is 1. The lowest BCUT2D eigenvalue weighted by Gasteiger charge is -2.30. The van der Waals surface area contributed by atoms with Crippen molar-refractivity contribution in [3.63, 3.8) is 0 Å². The van der Waals surface area contributed by atoms with Gasteiger partial charge >= 0.3 is 5.97 Å². The molecule has 0 atom stereocenters. The number of benzene rings is 2. The van der Waals surface area contributed by atoms with Gasteiger partial charge in [0.25, 0.3) is 0 Å². The lowest BCUT2D eigenvalue weighted by atomic mass is 9.98. The van der Waals surface area contributed by atoms with Crippen molar-refractivity contribution in [1.29, 1.82) is 0 Å². The monoisotopic (exact) mass is 457 g/mol. The number of ether oxygens (including phenoxy) is 2. The van der Waals surface area contributed by atoms with Crippen molar-refractivity contribution in [3.05, 3.63) is 58.6 Å². The Bertz CT molecular complexity index is 924. The summed E-state index contributed by atoms with van der Waals surface area (Å²) in [6.45, 7) is 0.741. The number of para-hydroxylation sites is 1. The molecule has 2 aromatic carbocycles. The van der Waals surface area contributed by atoms with Crippen LogP contribution in [0.3, 0.4) is 0 Å². The normalized spacial score (nSPS) is 15.8. The van der Waals surface area contributed by atoms with Gasteiger partial charge in [0.05, 0.1) is 20.9 Å². The molecule has 0 saturated carbocycles. The minimum Gasteiger partial charge on any atom is -0.487 e. The van der Waals surface area contributed by atoms with Crippen LogP contribution in [0.2, 0.25) is 10.0 Å². The zero-order valence-electron chi connectivity index (χ0n) is 15.6. The zero-order chi connectivity index (χ0) is 20.9. The molecule has 1 aliphatic heterocycles. The van der Waals surface area contributed by atoms with Gasteiger partial charge in [0.15, 0.2) is 5.75 Å². The van der Waals surface area contributed by atoms with Crippen LogP contribution in [0.1, 0.15) is 12.8 Å². The van der Waals surface area contributed by atoms with Gasteiger partial charge in [0, 0.05) is 13.1 Å². The third-order valence-electron chi connectivity index (χ3n) is 4.66.